The molecule has 4 heteroatoms. The van der Waals surface area contributed by atoms with Crippen molar-refractivity contribution in [2.24, 2.45) is 0 Å². The maximum atomic E-state index is 12.5. The lowest BCUT2D eigenvalue weighted by Gasteiger charge is -2.18. The van der Waals surface area contributed by atoms with Crippen molar-refractivity contribution in [2.75, 3.05) is 20.3 Å². The largest absolute Gasteiger partial charge is 0.494 e. The Morgan fingerprint density at radius 3 is 2.25 bits per heavy atom. The molecule has 4 nitrogen and oxygen atoms in total. The molecule has 3 rings (SSSR count). The van der Waals surface area contributed by atoms with E-state index in [-0.39, 0.29) is 12.5 Å². The summed E-state index contributed by atoms with van der Waals surface area (Å²) in [6.07, 6.45) is 0. The second-order valence-electron chi connectivity index (χ2n) is 6.48. The van der Waals surface area contributed by atoms with Crippen molar-refractivity contribution in [2.45, 2.75) is 13.5 Å². The van der Waals surface area contributed by atoms with Gasteiger partial charge in [0.1, 0.15) is 11.5 Å². The number of likely N-dealkylation sites (N-methyl/N-ethyl adjacent to an activating group) is 1. The first-order chi connectivity index (χ1) is 13.7. The maximum Gasteiger partial charge on any atom is 0.260 e. The summed E-state index contributed by atoms with van der Waals surface area (Å²) in [5.41, 5.74) is 3.09. The topological polar surface area (TPSA) is 38.8 Å². The number of para-hydroxylation sites is 1. The third-order valence-corrected chi connectivity index (χ3v) is 4.40. The third kappa shape index (κ3) is 5.13. The van der Waals surface area contributed by atoms with Gasteiger partial charge in [-0.15, -0.1) is 0 Å². The number of rotatable bonds is 8. The van der Waals surface area contributed by atoms with Crippen molar-refractivity contribution >= 4 is 5.91 Å². The summed E-state index contributed by atoms with van der Waals surface area (Å²) in [5.74, 6) is 1.47. The highest BCUT2D eigenvalue weighted by molar-refractivity contribution is 5.78. The molecule has 1 amide bonds. The van der Waals surface area contributed by atoms with E-state index in [4.69, 9.17) is 9.47 Å². The molecule has 0 spiro atoms. The monoisotopic (exact) mass is 375 g/mol. The average molecular weight is 375 g/mol. The minimum absolute atomic E-state index is 0.00260. The van der Waals surface area contributed by atoms with Crippen LogP contribution < -0.4 is 9.47 Å². The Balaban J connectivity index is 1.60. The van der Waals surface area contributed by atoms with Gasteiger partial charge in [0.05, 0.1) is 6.61 Å². The molecule has 0 aliphatic rings. The van der Waals surface area contributed by atoms with Crippen LogP contribution in [0, 0.1) is 0 Å². The van der Waals surface area contributed by atoms with E-state index in [1.165, 1.54) is 0 Å². The Hall–Kier alpha value is -3.27. The van der Waals surface area contributed by atoms with E-state index < -0.39 is 0 Å². The number of amides is 1. The van der Waals surface area contributed by atoms with Crippen LogP contribution in [0.25, 0.3) is 11.1 Å². The van der Waals surface area contributed by atoms with Gasteiger partial charge >= 0.3 is 0 Å². The summed E-state index contributed by atoms with van der Waals surface area (Å²) in [7, 11) is 1.78. The Morgan fingerprint density at radius 1 is 0.857 bits per heavy atom. The molecule has 0 N–H and O–H groups in total. The van der Waals surface area contributed by atoms with E-state index in [0.717, 1.165) is 22.4 Å². The Bertz CT molecular complexity index is 891. The molecule has 3 aromatic carbocycles. The summed E-state index contributed by atoms with van der Waals surface area (Å²) >= 11 is 0. The number of nitrogens with zero attached hydrogens (tertiary/aromatic N) is 1. The van der Waals surface area contributed by atoms with Crippen molar-refractivity contribution in [1.82, 2.24) is 4.90 Å². The number of carbonyl (C=O) groups excluding carboxylic acids is 1. The van der Waals surface area contributed by atoms with Crippen molar-refractivity contribution in [3.63, 3.8) is 0 Å². The first kappa shape index (κ1) is 19.5. The van der Waals surface area contributed by atoms with Gasteiger partial charge in [-0.2, -0.15) is 0 Å². The molecular weight excluding hydrogens is 350 g/mol. The second kappa shape index (κ2) is 9.60. The van der Waals surface area contributed by atoms with E-state index in [9.17, 15) is 4.79 Å². The summed E-state index contributed by atoms with van der Waals surface area (Å²) in [6, 6.07) is 25.6. The molecule has 0 atom stereocenters. The quantitative estimate of drug-likeness (QED) is 0.568. The zero-order valence-corrected chi connectivity index (χ0v) is 16.3. The molecule has 0 bridgehead atoms. The lowest BCUT2D eigenvalue weighted by molar-refractivity contribution is -0.132. The highest BCUT2D eigenvalue weighted by Crippen LogP contribution is 2.29. The molecule has 0 unspecified atom stereocenters. The highest BCUT2D eigenvalue weighted by atomic mass is 16.5. The normalized spacial score (nSPS) is 10.4. The molecule has 0 aromatic heterocycles. The predicted molar refractivity (Wildman–Crippen MR) is 111 cm³/mol. The molecule has 0 fully saturated rings. The molecule has 0 saturated carbocycles. The SMILES string of the molecule is CCOc1ccc(CN(C)C(=O)COc2ccccc2-c2ccccc2)cc1. The minimum Gasteiger partial charge on any atom is -0.494 e. The van der Waals surface area contributed by atoms with Crippen molar-refractivity contribution in [1.29, 1.82) is 0 Å². The fourth-order valence-corrected chi connectivity index (χ4v) is 2.92. The van der Waals surface area contributed by atoms with Crippen LogP contribution in [0.5, 0.6) is 11.5 Å². The molecule has 3 aromatic rings. The van der Waals surface area contributed by atoms with E-state index in [2.05, 4.69) is 0 Å². The zero-order chi connectivity index (χ0) is 19.8. The van der Waals surface area contributed by atoms with Crippen molar-refractivity contribution in [3.8, 4) is 22.6 Å². The smallest absolute Gasteiger partial charge is 0.260 e. The predicted octanol–water partition coefficient (Wildman–Crippen LogP) is 4.79. The van der Waals surface area contributed by atoms with Gasteiger partial charge in [0.2, 0.25) is 0 Å². The molecule has 0 saturated heterocycles. The van der Waals surface area contributed by atoms with Gasteiger partial charge in [0.15, 0.2) is 6.61 Å². The van der Waals surface area contributed by atoms with Crippen LogP contribution in [0.4, 0.5) is 0 Å². The van der Waals surface area contributed by atoms with Crippen LogP contribution in [0.1, 0.15) is 12.5 Å². The lowest BCUT2D eigenvalue weighted by atomic mass is 10.1. The maximum absolute atomic E-state index is 12.5. The number of benzene rings is 3. The number of hydrogen-bond donors (Lipinski definition) is 0. The van der Waals surface area contributed by atoms with E-state index in [1.54, 1.807) is 11.9 Å². The molecule has 0 aliphatic heterocycles. The minimum atomic E-state index is -0.0725. The first-order valence-electron chi connectivity index (χ1n) is 9.40. The Labute approximate surface area is 166 Å². The summed E-state index contributed by atoms with van der Waals surface area (Å²) < 4.78 is 11.3. The second-order valence-corrected chi connectivity index (χ2v) is 6.48. The van der Waals surface area contributed by atoms with E-state index in [1.807, 2.05) is 85.8 Å². The molecule has 144 valence electrons. The Kier molecular flexibility index (Phi) is 6.68. The van der Waals surface area contributed by atoms with E-state index >= 15 is 0 Å². The van der Waals surface area contributed by atoms with Crippen LogP contribution in [0.15, 0.2) is 78.9 Å². The van der Waals surface area contributed by atoms with Gasteiger partial charge in [0.25, 0.3) is 5.91 Å². The van der Waals surface area contributed by atoms with Crippen molar-refractivity contribution in [3.05, 3.63) is 84.4 Å². The lowest BCUT2D eigenvalue weighted by Crippen LogP contribution is -2.31. The third-order valence-electron chi connectivity index (χ3n) is 4.40. The highest BCUT2D eigenvalue weighted by Gasteiger charge is 2.12. The first-order valence-corrected chi connectivity index (χ1v) is 9.40. The van der Waals surface area contributed by atoms with Crippen LogP contribution in [-0.4, -0.2) is 31.1 Å². The fraction of sp³-hybridized carbons (Fsp3) is 0.208. The van der Waals surface area contributed by atoms with Gasteiger partial charge < -0.3 is 14.4 Å². The molecule has 0 aliphatic carbocycles. The van der Waals surface area contributed by atoms with Crippen LogP contribution in [0.2, 0.25) is 0 Å². The van der Waals surface area contributed by atoms with Gasteiger partial charge in [-0.1, -0.05) is 60.7 Å². The van der Waals surface area contributed by atoms with Gasteiger partial charge in [0, 0.05) is 19.2 Å². The number of hydrogen-bond acceptors (Lipinski definition) is 3. The summed E-state index contributed by atoms with van der Waals surface area (Å²) in [5, 5.41) is 0. The summed E-state index contributed by atoms with van der Waals surface area (Å²) in [4.78, 5) is 14.2. The zero-order valence-electron chi connectivity index (χ0n) is 16.3. The molecule has 0 heterocycles. The number of ether oxygens (including phenoxy) is 2. The number of carbonyl (C=O) groups is 1. The van der Waals surface area contributed by atoms with Crippen LogP contribution in [-0.2, 0) is 11.3 Å². The molecule has 0 radical (unpaired) electrons. The molecule has 28 heavy (non-hydrogen) atoms. The molecular formula is C24H25NO3. The van der Waals surface area contributed by atoms with Crippen LogP contribution in [0.3, 0.4) is 0 Å². The fourth-order valence-electron chi connectivity index (χ4n) is 2.92. The van der Waals surface area contributed by atoms with Gasteiger partial charge in [-0.25, -0.2) is 0 Å². The Morgan fingerprint density at radius 2 is 1.54 bits per heavy atom. The van der Waals surface area contributed by atoms with Gasteiger partial charge in [-0.05, 0) is 36.2 Å². The van der Waals surface area contributed by atoms with Crippen LogP contribution >= 0.6 is 0 Å². The van der Waals surface area contributed by atoms with Gasteiger partial charge in [-0.3, -0.25) is 4.79 Å². The summed E-state index contributed by atoms with van der Waals surface area (Å²) in [6.45, 7) is 3.11. The van der Waals surface area contributed by atoms with Crippen molar-refractivity contribution < 1.29 is 14.3 Å². The van der Waals surface area contributed by atoms with E-state index in [0.29, 0.717) is 18.9 Å². The average Bonchev–Trinajstić information content (AvgIpc) is 2.74. The standard InChI is InChI=1S/C24H25NO3/c1-3-27-21-15-13-19(14-16-21)17-25(2)24(26)18-28-23-12-8-7-11-22(23)20-9-5-4-6-10-20/h4-16H,3,17-18H2,1-2H3.